The molecule has 0 spiro atoms. The maximum absolute atomic E-state index is 12.4. The van der Waals surface area contributed by atoms with E-state index in [1.54, 1.807) is 55.5 Å². The molecule has 2 aromatic carbocycles. The molecule has 21 heavy (non-hydrogen) atoms. The molecule has 1 amide bonds. The van der Waals surface area contributed by atoms with Crippen LogP contribution in [0, 0.1) is 0 Å². The smallest absolute Gasteiger partial charge is 0.240 e. The van der Waals surface area contributed by atoms with Gasteiger partial charge >= 0.3 is 0 Å². The Bertz CT molecular complexity index is 656. The van der Waals surface area contributed by atoms with Gasteiger partial charge in [0.15, 0.2) is 0 Å². The molecule has 0 heterocycles. The molecule has 0 radical (unpaired) electrons. The Morgan fingerprint density at radius 1 is 1.14 bits per heavy atom. The molecule has 6 heteroatoms. The summed E-state index contributed by atoms with van der Waals surface area (Å²) in [6.45, 7) is 1.64. The number of benzene rings is 2. The van der Waals surface area contributed by atoms with Crippen molar-refractivity contribution in [1.82, 2.24) is 0 Å². The van der Waals surface area contributed by atoms with Gasteiger partial charge in [0.25, 0.3) is 0 Å². The van der Waals surface area contributed by atoms with Crippen LogP contribution in [0.4, 0.5) is 11.4 Å². The lowest BCUT2D eigenvalue weighted by molar-refractivity contribution is -0.115. The molecule has 0 saturated heterocycles. The Kier molecular flexibility index (Phi) is 5.14. The minimum atomic E-state index is -1.40. The van der Waals surface area contributed by atoms with E-state index < -0.39 is 16.0 Å². The van der Waals surface area contributed by atoms with E-state index in [2.05, 4.69) is 21.2 Å². The number of carbonyl (C=O) groups excluding carboxylic acids is 1. The molecule has 2 aromatic rings. The van der Waals surface area contributed by atoms with Crippen LogP contribution in [0.5, 0.6) is 0 Å². The Hall–Kier alpha value is -1.66. The highest BCUT2D eigenvalue weighted by molar-refractivity contribution is 9.10. The highest BCUT2D eigenvalue weighted by atomic mass is 79.9. The average Bonchev–Trinajstić information content (AvgIpc) is 2.49. The van der Waals surface area contributed by atoms with Crippen molar-refractivity contribution in [3.05, 3.63) is 53.0 Å². The molecular formula is C15H15BrN2O2S. The van der Waals surface area contributed by atoms with Crippen molar-refractivity contribution >= 4 is 44.0 Å². The van der Waals surface area contributed by atoms with Crippen molar-refractivity contribution in [2.45, 2.75) is 17.1 Å². The first-order chi connectivity index (χ1) is 9.97. The van der Waals surface area contributed by atoms with E-state index in [4.69, 9.17) is 5.73 Å². The van der Waals surface area contributed by atoms with Gasteiger partial charge in [-0.2, -0.15) is 0 Å². The Balaban J connectivity index is 2.06. The van der Waals surface area contributed by atoms with Crippen LogP contribution in [-0.4, -0.2) is 15.4 Å². The molecule has 0 aromatic heterocycles. The van der Waals surface area contributed by atoms with Gasteiger partial charge in [-0.1, -0.05) is 15.9 Å². The third kappa shape index (κ3) is 4.15. The summed E-state index contributed by atoms with van der Waals surface area (Å²) in [4.78, 5) is 12.8. The standard InChI is InChI=1S/C15H15BrN2O2S/c1-10(21(20)14-8-2-11(16)3-9-14)15(19)18-13-6-4-12(17)5-7-13/h2-10H,17H2,1H3,(H,18,19). The number of hydrogen-bond donors (Lipinski definition) is 2. The molecule has 3 N–H and O–H groups in total. The van der Waals surface area contributed by atoms with Crippen LogP contribution in [0.1, 0.15) is 6.92 Å². The first-order valence-electron chi connectivity index (χ1n) is 6.30. The van der Waals surface area contributed by atoms with Gasteiger partial charge in [0, 0.05) is 20.7 Å². The SMILES string of the molecule is CC(C(=O)Nc1ccc(N)cc1)S(=O)c1ccc(Br)cc1. The van der Waals surface area contributed by atoms with E-state index in [-0.39, 0.29) is 5.91 Å². The van der Waals surface area contributed by atoms with Crippen molar-refractivity contribution in [3.63, 3.8) is 0 Å². The van der Waals surface area contributed by atoms with Gasteiger partial charge in [0.05, 0.1) is 10.8 Å². The summed E-state index contributed by atoms with van der Waals surface area (Å²) in [5.74, 6) is -0.291. The fraction of sp³-hybridized carbons (Fsp3) is 0.133. The fourth-order valence-electron chi connectivity index (χ4n) is 1.68. The van der Waals surface area contributed by atoms with Gasteiger partial charge in [0.2, 0.25) is 5.91 Å². The molecule has 0 aliphatic rings. The highest BCUT2D eigenvalue weighted by Crippen LogP contribution is 2.17. The number of amides is 1. The number of nitrogen functional groups attached to an aromatic ring is 1. The van der Waals surface area contributed by atoms with Crippen LogP contribution in [0.25, 0.3) is 0 Å². The van der Waals surface area contributed by atoms with E-state index in [1.807, 2.05) is 0 Å². The fourth-order valence-corrected chi connectivity index (χ4v) is 3.01. The van der Waals surface area contributed by atoms with Crippen molar-refractivity contribution in [1.29, 1.82) is 0 Å². The molecule has 4 nitrogen and oxygen atoms in total. The Morgan fingerprint density at radius 2 is 1.71 bits per heavy atom. The second kappa shape index (κ2) is 6.87. The predicted octanol–water partition coefficient (Wildman–Crippen LogP) is 3.17. The van der Waals surface area contributed by atoms with Gasteiger partial charge in [-0.3, -0.25) is 9.00 Å². The van der Waals surface area contributed by atoms with E-state index in [0.717, 1.165) is 4.47 Å². The second-order valence-corrected chi connectivity index (χ2v) is 7.19. The molecule has 110 valence electrons. The summed E-state index contributed by atoms with van der Waals surface area (Å²) in [6, 6.07) is 13.9. The highest BCUT2D eigenvalue weighted by Gasteiger charge is 2.21. The second-order valence-electron chi connectivity index (χ2n) is 4.50. The van der Waals surface area contributed by atoms with Crippen LogP contribution in [-0.2, 0) is 15.6 Å². The normalized spacial score (nSPS) is 13.4. The minimum absolute atomic E-state index is 0.291. The lowest BCUT2D eigenvalue weighted by atomic mass is 10.3. The lowest BCUT2D eigenvalue weighted by Crippen LogP contribution is -2.29. The number of nitrogens with two attached hydrogens (primary N) is 1. The van der Waals surface area contributed by atoms with Crippen LogP contribution in [0.15, 0.2) is 57.9 Å². The van der Waals surface area contributed by atoms with E-state index in [0.29, 0.717) is 16.3 Å². The molecule has 2 unspecified atom stereocenters. The van der Waals surface area contributed by atoms with Gasteiger partial charge in [0.1, 0.15) is 5.25 Å². The number of hydrogen-bond acceptors (Lipinski definition) is 3. The maximum Gasteiger partial charge on any atom is 0.240 e. The first-order valence-corrected chi connectivity index (χ1v) is 8.30. The van der Waals surface area contributed by atoms with E-state index in [9.17, 15) is 9.00 Å². The number of carbonyl (C=O) groups is 1. The summed E-state index contributed by atoms with van der Waals surface area (Å²) in [5, 5.41) is 2.08. The van der Waals surface area contributed by atoms with E-state index in [1.165, 1.54) is 0 Å². The van der Waals surface area contributed by atoms with Crippen molar-refractivity contribution in [2.24, 2.45) is 0 Å². The van der Waals surface area contributed by atoms with Gasteiger partial charge in [-0.15, -0.1) is 0 Å². The summed E-state index contributed by atoms with van der Waals surface area (Å²) in [6.07, 6.45) is 0. The number of rotatable bonds is 4. The van der Waals surface area contributed by atoms with Gasteiger partial charge in [-0.05, 0) is 55.5 Å². The van der Waals surface area contributed by atoms with Crippen LogP contribution in [0.2, 0.25) is 0 Å². The zero-order chi connectivity index (χ0) is 15.4. The van der Waals surface area contributed by atoms with E-state index >= 15 is 0 Å². The minimum Gasteiger partial charge on any atom is -0.399 e. The predicted molar refractivity (Wildman–Crippen MR) is 89.5 cm³/mol. The van der Waals surface area contributed by atoms with Crippen molar-refractivity contribution < 1.29 is 9.00 Å². The maximum atomic E-state index is 12.4. The van der Waals surface area contributed by atoms with Crippen molar-refractivity contribution in [2.75, 3.05) is 11.1 Å². The molecule has 2 rings (SSSR count). The lowest BCUT2D eigenvalue weighted by Gasteiger charge is -2.12. The molecule has 0 fully saturated rings. The zero-order valence-electron chi connectivity index (χ0n) is 11.4. The Morgan fingerprint density at radius 3 is 2.29 bits per heavy atom. The van der Waals surface area contributed by atoms with Crippen LogP contribution >= 0.6 is 15.9 Å². The van der Waals surface area contributed by atoms with Gasteiger partial charge < -0.3 is 11.1 Å². The third-order valence-electron chi connectivity index (χ3n) is 2.91. The van der Waals surface area contributed by atoms with Gasteiger partial charge in [-0.25, -0.2) is 0 Å². The molecule has 0 aliphatic carbocycles. The zero-order valence-corrected chi connectivity index (χ0v) is 13.8. The summed E-state index contributed by atoms with van der Waals surface area (Å²) in [7, 11) is -1.40. The molecular weight excluding hydrogens is 352 g/mol. The van der Waals surface area contributed by atoms with Crippen molar-refractivity contribution in [3.8, 4) is 0 Å². The number of nitrogens with one attached hydrogen (secondary N) is 1. The molecule has 0 aliphatic heterocycles. The average molecular weight is 367 g/mol. The first kappa shape index (κ1) is 15.7. The topological polar surface area (TPSA) is 72.2 Å². The monoisotopic (exact) mass is 366 g/mol. The summed E-state index contributed by atoms with van der Waals surface area (Å²) >= 11 is 3.32. The summed E-state index contributed by atoms with van der Waals surface area (Å²) < 4.78 is 13.3. The quantitative estimate of drug-likeness (QED) is 0.816. The molecule has 2 atom stereocenters. The van der Waals surface area contributed by atoms with Crippen LogP contribution < -0.4 is 11.1 Å². The number of halogens is 1. The van der Waals surface area contributed by atoms with Crippen LogP contribution in [0.3, 0.4) is 0 Å². The Labute approximate surface area is 134 Å². The third-order valence-corrected chi connectivity index (χ3v) is 5.04. The largest absolute Gasteiger partial charge is 0.399 e. The molecule has 0 bridgehead atoms. The number of anilines is 2. The molecule has 0 saturated carbocycles. The summed E-state index contributed by atoms with van der Waals surface area (Å²) in [5.41, 5.74) is 6.85.